The third-order valence-electron chi connectivity index (χ3n) is 6.87. The maximum Gasteiger partial charge on any atom is 0.185 e. The standard InChI is InChI=1S/C20H41N5O7/c1-20(28)8-29-19(14(27)17(20)25-3)31-15-11(23)6-12(24-2)16(13(15)26)32-18-10(22)5-4-9(7-21)30-18/h9-19,24-28H,4-8,21-23H2,1-3H3/t9-,10+,11+,12-,13+,14-,15-,16+,17-,18+,19-,20+/m0/s1. The summed E-state index contributed by atoms with van der Waals surface area (Å²) in [6.45, 7) is 1.87. The first-order valence-corrected chi connectivity index (χ1v) is 11.3. The van der Waals surface area contributed by atoms with Crippen LogP contribution in [-0.2, 0) is 18.9 Å². The van der Waals surface area contributed by atoms with E-state index in [1.807, 2.05) is 0 Å². The van der Waals surface area contributed by atoms with Crippen LogP contribution in [0.15, 0.2) is 0 Å². The summed E-state index contributed by atoms with van der Waals surface area (Å²) in [7, 11) is 3.40. The number of ether oxygens (including phenoxy) is 4. The lowest BCUT2D eigenvalue weighted by atomic mass is 9.83. The third kappa shape index (κ3) is 5.43. The predicted octanol–water partition coefficient (Wildman–Crippen LogP) is -3.72. The normalized spacial score (nSPS) is 50.3. The zero-order chi connectivity index (χ0) is 23.6. The van der Waals surface area contributed by atoms with Gasteiger partial charge in [-0.15, -0.1) is 0 Å². The Kier molecular flexibility index (Phi) is 8.86. The lowest BCUT2D eigenvalue weighted by Crippen LogP contribution is -2.69. The Bertz CT molecular complexity index is 603. The number of rotatable bonds is 7. The van der Waals surface area contributed by atoms with Crippen LogP contribution in [0.3, 0.4) is 0 Å². The van der Waals surface area contributed by atoms with Crippen molar-refractivity contribution in [2.24, 2.45) is 17.2 Å². The van der Waals surface area contributed by atoms with Gasteiger partial charge in [0.25, 0.3) is 0 Å². The van der Waals surface area contributed by atoms with E-state index in [-0.39, 0.29) is 24.8 Å². The van der Waals surface area contributed by atoms with Gasteiger partial charge in [0.05, 0.1) is 24.8 Å². The van der Waals surface area contributed by atoms with Gasteiger partial charge in [-0.25, -0.2) is 0 Å². The van der Waals surface area contributed by atoms with Crippen LogP contribution in [0, 0.1) is 0 Å². The molecule has 2 aliphatic heterocycles. The van der Waals surface area contributed by atoms with Gasteiger partial charge in [0.2, 0.25) is 0 Å². The SMILES string of the molecule is CN[C@H]1C[C@@H](N)[C@H](O[C@@H]2OC[C@@](C)(O)[C@@H](NC)[C@@H]2O)[C@@H](O)[C@@H]1O[C@H]1O[C@H](CN)CC[C@H]1N. The molecule has 0 amide bonds. The van der Waals surface area contributed by atoms with Crippen molar-refractivity contribution in [1.29, 1.82) is 0 Å². The Morgan fingerprint density at radius 1 is 1.00 bits per heavy atom. The van der Waals surface area contributed by atoms with Gasteiger partial charge in [-0.05, 0) is 40.3 Å². The molecule has 12 heteroatoms. The van der Waals surface area contributed by atoms with Gasteiger partial charge in [0, 0.05) is 18.6 Å². The van der Waals surface area contributed by atoms with E-state index in [1.165, 1.54) is 0 Å². The molecule has 0 bridgehead atoms. The topological polar surface area (TPSA) is 200 Å². The van der Waals surface area contributed by atoms with Crippen molar-refractivity contribution in [2.45, 2.75) is 99.1 Å². The Morgan fingerprint density at radius 2 is 1.69 bits per heavy atom. The molecule has 3 rings (SSSR count). The fraction of sp³-hybridized carbons (Fsp3) is 1.00. The largest absolute Gasteiger partial charge is 0.388 e. The van der Waals surface area contributed by atoms with Crippen LogP contribution in [0.5, 0.6) is 0 Å². The molecule has 11 N–H and O–H groups in total. The van der Waals surface area contributed by atoms with Crippen molar-refractivity contribution >= 4 is 0 Å². The van der Waals surface area contributed by atoms with E-state index in [1.54, 1.807) is 21.0 Å². The summed E-state index contributed by atoms with van der Waals surface area (Å²) in [5, 5.41) is 38.4. The number of aliphatic hydroxyl groups excluding tert-OH is 2. The Balaban J connectivity index is 1.72. The molecule has 0 radical (unpaired) electrons. The predicted molar refractivity (Wildman–Crippen MR) is 115 cm³/mol. The second kappa shape index (κ2) is 10.8. The molecule has 1 aliphatic carbocycles. The van der Waals surface area contributed by atoms with Crippen LogP contribution in [0.25, 0.3) is 0 Å². The zero-order valence-electron chi connectivity index (χ0n) is 19.1. The first-order chi connectivity index (χ1) is 15.1. The number of nitrogens with two attached hydrogens (primary N) is 3. The number of likely N-dealkylation sites (N-methyl/N-ethyl adjacent to an activating group) is 2. The highest BCUT2D eigenvalue weighted by atomic mass is 16.7. The second-order valence-electron chi connectivity index (χ2n) is 9.38. The van der Waals surface area contributed by atoms with Crippen LogP contribution in [0.1, 0.15) is 26.2 Å². The summed E-state index contributed by atoms with van der Waals surface area (Å²) >= 11 is 0. The number of aliphatic hydroxyl groups is 3. The van der Waals surface area contributed by atoms with Crippen LogP contribution in [0.2, 0.25) is 0 Å². The fourth-order valence-electron chi connectivity index (χ4n) is 4.93. The van der Waals surface area contributed by atoms with E-state index in [4.69, 9.17) is 36.1 Å². The fourth-order valence-corrected chi connectivity index (χ4v) is 4.93. The second-order valence-corrected chi connectivity index (χ2v) is 9.38. The Labute approximate surface area is 189 Å². The lowest BCUT2D eigenvalue weighted by molar-refractivity contribution is -0.307. The van der Waals surface area contributed by atoms with Crippen LogP contribution < -0.4 is 27.8 Å². The van der Waals surface area contributed by atoms with Gasteiger partial charge in [-0.2, -0.15) is 0 Å². The molecular formula is C20H41N5O7. The van der Waals surface area contributed by atoms with E-state index in [9.17, 15) is 15.3 Å². The summed E-state index contributed by atoms with van der Waals surface area (Å²) in [5.41, 5.74) is 17.0. The molecule has 12 atom stereocenters. The van der Waals surface area contributed by atoms with Crippen molar-refractivity contribution in [3.8, 4) is 0 Å². The summed E-state index contributed by atoms with van der Waals surface area (Å²) in [4.78, 5) is 0. The van der Waals surface area contributed by atoms with Crippen LogP contribution in [0.4, 0.5) is 0 Å². The van der Waals surface area contributed by atoms with E-state index < -0.39 is 54.7 Å². The molecule has 32 heavy (non-hydrogen) atoms. The number of nitrogens with one attached hydrogen (secondary N) is 2. The highest BCUT2D eigenvalue weighted by Crippen LogP contribution is 2.31. The zero-order valence-corrected chi connectivity index (χ0v) is 19.1. The third-order valence-corrected chi connectivity index (χ3v) is 6.87. The lowest BCUT2D eigenvalue weighted by Gasteiger charge is -2.49. The van der Waals surface area contributed by atoms with Crippen molar-refractivity contribution in [1.82, 2.24) is 10.6 Å². The van der Waals surface area contributed by atoms with Crippen molar-refractivity contribution < 1.29 is 34.3 Å². The molecule has 1 saturated carbocycles. The average molecular weight is 464 g/mol. The maximum absolute atomic E-state index is 11.2. The van der Waals surface area contributed by atoms with Gasteiger partial charge in [-0.1, -0.05) is 0 Å². The van der Waals surface area contributed by atoms with Gasteiger partial charge >= 0.3 is 0 Å². The summed E-state index contributed by atoms with van der Waals surface area (Å²) < 4.78 is 23.6. The smallest absolute Gasteiger partial charge is 0.185 e. The van der Waals surface area contributed by atoms with Crippen molar-refractivity contribution in [3.05, 3.63) is 0 Å². The Morgan fingerprint density at radius 3 is 2.31 bits per heavy atom. The molecule has 2 saturated heterocycles. The molecule has 188 valence electrons. The van der Waals surface area contributed by atoms with E-state index in [0.717, 1.165) is 6.42 Å². The number of hydrogen-bond acceptors (Lipinski definition) is 12. The maximum atomic E-state index is 11.2. The molecular weight excluding hydrogens is 422 g/mol. The molecule has 0 aromatic heterocycles. The van der Waals surface area contributed by atoms with Crippen molar-refractivity contribution in [2.75, 3.05) is 27.2 Å². The molecule has 3 fully saturated rings. The van der Waals surface area contributed by atoms with Gasteiger partial charge in [0.1, 0.15) is 30.0 Å². The van der Waals surface area contributed by atoms with Crippen LogP contribution >= 0.6 is 0 Å². The average Bonchev–Trinajstić information content (AvgIpc) is 2.75. The van der Waals surface area contributed by atoms with Gasteiger partial charge < -0.3 is 62.1 Å². The molecule has 0 unspecified atom stereocenters. The van der Waals surface area contributed by atoms with E-state index in [2.05, 4.69) is 10.6 Å². The Hall–Kier alpha value is -0.480. The van der Waals surface area contributed by atoms with Gasteiger partial charge in [0.15, 0.2) is 12.6 Å². The minimum absolute atomic E-state index is 0.0530. The quantitative estimate of drug-likeness (QED) is 0.184. The molecule has 12 nitrogen and oxygen atoms in total. The minimum atomic E-state index is -1.28. The number of hydrogen-bond donors (Lipinski definition) is 8. The van der Waals surface area contributed by atoms with Gasteiger partial charge in [-0.3, -0.25) is 0 Å². The van der Waals surface area contributed by atoms with Crippen LogP contribution in [-0.4, -0.2) is 115 Å². The monoisotopic (exact) mass is 463 g/mol. The summed E-state index contributed by atoms with van der Waals surface area (Å²) in [6, 6.07) is -1.85. The minimum Gasteiger partial charge on any atom is -0.388 e. The summed E-state index contributed by atoms with van der Waals surface area (Å²) in [6.07, 6.45) is -3.97. The highest BCUT2D eigenvalue weighted by molar-refractivity contribution is 5.02. The van der Waals surface area contributed by atoms with Crippen molar-refractivity contribution in [3.63, 3.8) is 0 Å². The molecule has 0 aromatic carbocycles. The summed E-state index contributed by atoms with van der Waals surface area (Å²) in [5.74, 6) is 0. The first kappa shape index (κ1) is 26.1. The molecule has 0 aromatic rings. The molecule has 0 spiro atoms. The molecule has 2 heterocycles. The highest BCUT2D eigenvalue weighted by Gasteiger charge is 2.51. The first-order valence-electron chi connectivity index (χ1n) is 11.3. The molecule has 3 aliphatic rings. The van der Waals surface area contributed by atoms with E-state index >= 15 is 0 Å². The van der Waals surface area contributed by atoms with E-state index in [0.29, 0.717) is 19.4 Å².